The molecule has 2 aliphatic rings. The Morgan fingerprint density at radius 3 is 2.75 bits per heavy atom. The third-order valence-electron chi connectivity index (χ3n) is 5.62. The molecule has 6 heteroatoms. The molecule has 1 aromatic heterocycles. The zero-order chi connectivity index (χ0) is 19.3. The molecule has 0 bridgehead atoms. The van der Waals surface area contributed by atoms with Crippen molar-refractivity contribution < 1.29 is 9.59 Å². The number of benzene rings is 1. The van der Waals surface area contributed by atoms with Crippen LogP contribution in [0, 0.1) is 0 Å². The van der Waals surface area contributed by atoms with Gasteiger partial charge in [-0.25, -0.2) is 9.97 Å². The SMILES string of the molecule is O=C(CCC(=O)c1ccc2c(c1)CCC2)N[C@@H]1CCCN(c2ncccn2)C1. The molecule has 0 saturated carbocycles. The number of piperidine rings is 1. The highest BCUT2D eigenvalue weighted by molar-refractivity contribution is 5.98. The maximum atomic E-state index is 12.5. The molecule has 1 N–H and O–H groups in total. The summed E-state index contributed by atoms with van der Waals surface area (Å²) in [4.78, 5) is 35.5. The first-order valence-electron chi connectivity index (χ1n) is 10.2. The van der Waals surface area contributed by atoms with Crippen molar-refractivity contribution in [3.63, 3.8) is 0 Å². The second kappa shape index (κ2) is 8.50. The van der Waals surface area contributed by atoms with E-state index < -0.39 is 0 Å². The maximum absolute atomic E-state index is 12.5. The number of aryl methyl sites for hydroxylation is 2. The molecule has 1 aromatic carbocycles. The second-order valence-electron chi connectivity index (χ2n) is 7.66. The van der Waals surface area contributed by atoms with Gasteiger partial charge in [0.05, 0.1) is 0 Å². The number of nitrogens with one attached hydrogen (secondary N) is 1. The van der Waals surface area contributed by atoms with E-state index >= 15 is 0 Å². The lowest BCUT2D eigenvalue weighted by atomic mass is 10.0. The summed E-state index contributed by atoms with van der Waals surface area (Å²) in [7, 11) is 0. The zero-order valence-electron chi connectivity index (χ0n) is 16.1. The quantitative estimate of drug-likeness (QED) is 0.783. The predicted molar refractivity (Wildman–Crippen MR) is 107 cm³/mol. The van der Waals surface area contributed by atoms with Crippen LogP contribution in [0.4, 0.5) is 5.95 Å². The van der Waals surface area contributed by atoms with E-state index in [-0.39, 0.29) is 30.6 Å². The van der Waals surface area contributed by atoms with Crippen LogP contribution < -0.4 is 10.2 Å². The van der Waals surface area contributed by atoms with Gasteiger partial charge in [0.1, 0.15) is 0 Å². The van der Waals surface area contributed by atoms with E-state index in [1.54, 1.807) is 18.5 Å². The predicted octanol–water partition coefficient (Wildman–Crippen LogP) is 2.71. The van der Waals surface area contributed by atoms with Crippen LogP contribution in [-0.2, 0) is 17.6 Å². The average Bonchev–Trinajstić information content (AvgIpc) is 3.21. The lowest BCUT2D eigenvalue weighted by Crippen LogP contribution is -2.48. The van der Waals surface area contributed by atoms with E-state index in [1.165, 1.54) is 17.5 Å². The summed E-state index contributed by atoms with van der Waals surface area (Å²) in [5.74, 6) is 0.691. The Kier molecular flexibility index (Phi) is 5.65. The highest BCUT2D eigenvalue weighted by Crippen LogP contribution is 2.23. The monoisotopic (exact) mass is 378 g/mol. The summed E-state index contributed by atoms with van der Waals surface area (Å²) < 4.78 is 0. The van der Waals surface area contributed by atoms with Crippen molar-refractivity contribution in [1.82, 2.24) is 15.3 Å². The number of hydrogen-bond acceptors (Lipinski definition) is 5. The van der Waals surface area contributed by atoms with Gasteiger partial charge in [0, 0.05) is 49.9 Å². The Morgan fingerprint density at radius 1 is 1.07 bits per heavy atom. The number of anilines is 1. The van der Waals surface area contributed by atoms with Gasteiger partial charge in [-0.15, -0.1) is 0 Å². The Bertz CT molecular complexity index is 853. The first-order valence-corrected chi connectivity index (χ1v) is 10.2. The number of carbonyl (C=O) groups is 2. The maximum Gasteiger partial charge on any atom is 0.225 e. The van der Waals surface area contributed by atoms with Gasteiger partial charge in [-0.2, -0.15) is 0 Å². The van der Waals surface area contributed by atoms with E-state index in [9.17, 15) is 9.59 Å². The van der Waals surface area contributed by atoms with Gasteiger partial charge in [0.25, 0.3) is 0 Å². The number of fused-ring (bicyclic) bond motifs is 1. The van der Waals surface area contributed by atoms with Gasteiger partial charge >= 0.3 is 0 Å². The lowest BCUT2D eigenvalue weighted by molar-refractivity contribution is -0.121. The molecular weight excluding hydrogens is 352 g/mol. The minimum Gasteiger partial charge on any atom is -0.352 e. The number of rotatable bonds is 6. The van der Waals surface area contributed by atoms with Crippen LogP contribution in [0.1, 0.15) is 53.6 Å². The molecular formula is C22H26N4O2. The van der Waals surface area contributed by atoms with Crippen LogP contribution in [0.5, 0.6) is 0 Å². The topological polar surface area (TPSA) is 75.2 Å². The average molecular weight is 378 g/mol. The van der Waals surface area contributed by atoms with Crippen LogP contribution in [-0.4, -0.2) is 40.8 Å². The van der Waals surface area contributed by atoms with E-state index in [0.29, 0.717) is 12.5 Å². The number of amides is 1. The number of hydrogen-bond donors (Lipinski definition) is 1. The molecule has 6 nitrogen and oxygen atoms in total. The molecule has 28 heavy (non-hydrogen) atoms. The van der Waals surface area contributed by atoms with Crippen LogP contribution in [0.25, 0.3) is 0 Å². The van der Waals surface area contributed by atoms with Crippen LogP contribution in [0.3, 0.4) is 0 Å². The molecule has 1 aliphatic carbocycles. The molecule has 0 spiro atoms. The smallest absolute Gasteiger partial charge is 0.225 e. The molecule has 0 radical (unpaired) electrons. The summed E-state index contributed by atoms with van der Waals surface area (Å²) in [5, 5.41) is 3.08. The fourth-order valence-corrected chi connectivity index (χ4v) is 4.15. The van der Waals surface area contributed by atoms with Crippen molar-refractivity contribution in [2.75, 3.05) is 18.0 Å². The highest BCUT2D eigenvalue weighted by atomic mass is 16.2. The van der Waals surface area contributed by atoms with Gasteiger partial charge in [-0.05, 0) is 55.4 Å². The molecule has 1 atom stereocenters. The van der Waals surface area contributed by atoms with E-state index in [0.717, 1.165) is 37.8 Å². The standard InChI is InChI=1S/C22H26N4O2/c27-20(18-8-7-16-4-1-5-17(16)14-18)9-10-21(28)25-19-6-2-13-26(15-19)22-23-11-3-12-24-22/h3,7-8,11-12,14,19H,1-2,4-6,9-10,13,15H2,(H,25,28)/t19-/m1/s1. The first kappa shape index (κ1) is 18.6. The molecule has 2 aromatic rings. The largest absolute Gasteiger partial charge is 0.352 e. The van der Waals surface area contributed by atoms with Crippen molar-refractivity contribution in [1.29, 1.82) is 0 Å². The number of ketones is 1. The lowest BCUT2D eigenvalue weighted by Gasteiger charge is -2.33. The molecule has 1 fully saturated rings. The normalized spacial score (nSPS) is 18.6. The molecule has 1 aliphatic heterocycles. The number of aromatic nitrogens is 2. The minimum atomic E-state index is -0.0599. The Labute approximate surface area is 165 Å². The third kappa shape index (κ3) is 4.38. The number of nitrogens with zero attached hydrogens (tertiary/aromatic N) is 3. The van der Waals surface area contributed by atoms with Crippen molar-refractivity contribution in [3.8, 4) is 0 Å². The van der Waals surface area contributed by atoms with Crippen molar-refractivity contribution >= 4 is 17.6 Å². The molecule has 0 unspecified atom stereocenters. The Balaban J connectivity index is 1.26. The van der Waals surface area contributed by atoms with Crippen molar-refractivity contribution in [2.45, 2.75) is 51.0 Å². The van der Waals surface area contributed by atoms with Crippen LogP contribution in [0.15, 0.2) is 36.7 Å². The fourth-order valence-electron chi connectivity index (χ4n) is 4.15. The van der Waals surface area contributed by atoms with Crippen LogP contribution in [0.2, 0.25) is 0 Å². The van der Waals surface area contributed by atoms with Crippen molar-refractivity contribution in [3.05, 3.63) is 53.3 Å². The van der Waals surface area contributed by atoms with Gasteiger partial charge in [0.15, 0.2) is 5.78 Å². The minimum absolute atomic E-state index is 0.0489. The molecule has 4 rings (SSSR count). The summed E-state index contributed by atoms with van der Waals surface area (Å²) >= 11 is 0. The Hall–Kier alpha value is -2.76. The molecule has 1 saturated heterocycles. The summed E-state index contributed by atoms with van der Waals surface area (Å²) in [6, 6.07) is 7.85. The van der Waals surface area contributed by atoms with E-state index in [1.807, 2.05) is 12.1 Å². The van der Waals surface area contributed by atoms with E-state index in [2.05, 4.69) is 26.3 Å². The van der Waals surface area contributed by atoms with E-state index in [4.69, 9.17) is 0 Å². The number of Topliss-reactive ketones (excluding diaryl/α,β-unsaturated/α-hetero) is 1. The summed E-state index contributed by atoms with van der Waals surface area (Å²) in [6.07, 6.45) is 9.20. The van der Waals surface area contributed by atoms with Gasteiger partial charge in [-0.1, -0.05) is 12.1 Å². The highest BCUT2D eigenvalue weighted by Gasteiger charge is 2.23. The first-order chi connectivity index (χ1) is 13.7. The third-order valence-corrected chi connectivity index (χ3v) is 5.62. The van der Waals surface area contributed by atoms with Crippen molar-refractivity contribution in [2.24, 2.45) is 0 Å². The summed E-state index contributed by atoms with van der Waals surface area (Å²) in [6.45, 7) is 1.60. The molecule has 1 amide bonds. The van der Waals surface area contributed by atoms with Crippen LogP contribution >= 0.6 is 0 Å². The fraction of sp³-hybridized carbons (Fsp3) is 0.455. The molecule has 146 valence electrons. The number of carbonyl (C=O) groups excluding carboxylic acids is 2. The summed E-state index contributed by atoms with van der Waals surface area (Å²) in [5.41, 5.74) is 3.39. The zero-order valence-corrected chi connectivity index (χ0v) is 16.1. The van der Waals surface area contributed by atoms with Gasteiger partial charge < -0.3 is 10.2 Å². The van der Waals surface area contributed by atoms with Gasteiger partial charge in [0.2, 0.25) is 11.9 Å². The second-order valence-corrected chi connectivity index (χ2v) is 7.66. The molecule has 2 heterocycles. The Morgan fingerprint density at radius 2 is 1.89 bits per heavy atom. The van der Waals surface area contributed by atoms with Gasteiger partial charge in [-0.3, -0.25) is 9.59 Å².